The Bertz CT molecular complexity index is 2410. The van der Waals surface area contributed by atoms with Crippen molar-refractivity contribution in [1.82, 2.24) is 42.2 Å². The number of aliphatic hydroxyl groups excluding tert-OH is 3. The van der Waals surface area contributed by atoms with Gasteiger partial charge < -0.3 is 69.0 Å². The summed E-state index contributed by atoms with van der Waals surface area (Å²) >= 11 is 0. The maximum absolute atomic E-state index is 14.7. The molecule has 3 aromatic carbocycles. The first-order valence-corrected chi connectivity index (χ1v) is 26.0. The summed E-state index contributed by atoms with van der Waals surface area (Å²) in [6.07, 6.45) is -0.156. The number of carbonyl (C=O) groups excluding carboxylic acids is 7. The molecule has 7 amide bonds. The van der Waals surface area contributed by atoms with Crippen molar-refractivity contribution in [3.8, 4) is 0 Å². The summed E-state index contributed by atoms with van der Waals surface area (Å²) in [6.45, 7) is 2.23. The van der Waals surface area contributed by atoms with Crippen LogP contribution in [0.1, 0.15) is 49.8 Å². The molecule has 1 saturated heterocycles. The Morgan fingerprint density at radius 3 is 1.92 bits per heavy atom. The molecule has 0 bridgehead atoms. The highest BCUT2D eigenvalue weighted by molar-refractivity contribution is 8.76. The maximum Gasteiger partial charge on any atom is 0.245 e. The van der Waals surface area contributed by atoms with Crippen molar-refractivity contribution in [2.75, 3.05) is 24.7 Å². The van der Waals surface area contributed by atoms with E-state index in [4.69, 9.17) is 11.5 Å². The molecule has 5 rings (SSSR count). The van der Waals surface area contributed by atoms with E-state index < -0.39 is 108 Å². The van der Waals surface area contributed by atoms with Crippen molar-refractivity contribution in [2.24, 2.45) is 11.5 Å². The van der Waals surface area contributed by atoms with Gasteiger partial charge in [0.25, 0.3) is 0 Å². The second-order valence-electron chi connectivity index (χ2n) is 17.5. The summed E-state index contributed by atoms with van der Waals surface area (Å²) in [5, 5.41) is 50.5. The molecule has 0 spiro atoms. The van der Waals surface area contributed by atoms with Crippen molar-refractivity contribution in [3.63, 3.8) is 0 Å². The van der Waals surface area contributed by atoms with Gasteiger partial charge in [0.15, 0.2) is 0 Å². The van der Waals surface area contributed by atoms with Gasteiger partial charge in [0.2, 0.25) is 41.4 Å². The molecule has 1 aliphatic heterocycles. The fraction of sp³-hybridized carbons (Fsp3) is 0.449. The Balaban J connectivity index is 0.00000703. The number of hydrogen-bond donors (Lipinski definition) is 13. The molecule has 10 atom stereocenters. The van der Waals surface area contributed by atoms with E-state index >= 15 is 0 Å². The molecule has 73 heavy (non-hydrogen) atoms. The van der Waals surface area contributed by atoms with Crippen molar-refractivity contribution in [3.05, 3.63) is 108 Å². The number of amides is 7. The topological polar surface area (TPSA) is 332 Å². The summed E-state index contributed by atoms with van der Waals surface area (Å²) in [5.41, 5.74) is 15.0. The third-order valence-corrected chi connectivity index (χ3v) is 14.3. The number of para-hydroxylation sites is 1. The largest absolute Gasteiger partial charge is 0.394 e. The lowest BCUT2D eigenvalue weighted by Crippen LogP contribution is -2.62. The van der Waals surface area contributed by atoms with Gasteiger partial charge in [-0.15, -0.1) is 24.8 Å². The molecule has 0 saturated carbocycles. The fourth-order valence-corrected chi connectivity index (χ4v) is 10.1. The van der Waals surface area contributed by atoms with Gasteiger partial charge in [-0.3, -0.25) is 33.6 Å². The van der Waals surface area contributed by atoms with Gasteiger partial charge in [-0.2, -0.15) is 0 Å². The third kappa shape index (κ3) is 19.1. The SMILES string of the molecule is C[C@@H](O)[C@@H]1NC(=O)[C@H](CCCCN)NC(=O)[C@@H](Cc2c[nH]c3ccccc23)NC(=O)[C@H](Cc2ccccc2)NC(=O)[C@@H](NC(=O)[C@H](N)Cc2ccccc2)CSSC[C@@H](C(=O)N[C@H](CO)[C@@H](C)O)NC1=O.Cl.Cl. The molecule has 24 heteroatoms. The van der Waals surface area contributed by atoms with Gasteiger partial charge in [-0.1, -0.05) is 100 Å². The molecule has 2 heterocycles. The van der Waals surface area contributed by atoms with Gasteiger partial charge >= 0.3 is 0 Å². The number of rotatable bonds is 17. The Labute approximate surface area is 444 Å². The molecule has 400 valence electrons. The van der Waals surface area contributed by atoms with Gasteiger partial charge in [-0.25, -0.2) is 0 Å². The Morgan fingerprint density at radius 1 is 0.712 bits per heavy atom. The Hall–Kier alpha value is -5.43. The van der Waals surface area contributed by atoms with Crippen LogP contribution >= 0.6 is 46.4 Å². The van der Waals surface area contributed by atoms with E-state index in [1.165, 1.54) is 13.8 Å². The van der Waals surface area contributed by atoms with Gasteiger partial charge in [0, 0.05) is 41.4 Å². The minimum atomic E-state index is -1.66. The normalized spacial score (nSPS) is 22.2. The molecule has 15 N–H and O–H groups in total. The summed E-state index contributed by atoms with van der Waals surface area (Å²) < 4.78 is 0. The van der Waals surface area contributed by atoms with E-state index in [2.05, 4.69) is 42.2 Å². The predicted octanol–water partition coefficient (Wildman–Crippen LogP) is 0.0382. The van der Waals surface area contributed by atoms with Gasteiger partial charge in [0.05, 0.1) is 30.9 Å². The first kappa shape index (κ1) is 61.9. The number of aromatic nitrogens is 1. The average Bonchev–Trinajstić information content (AvgIpc) is 3.76. The number of carbonyl (C=O) groups is 7. The summed E-state index contributed by atoms with van der Waals surface area (Å²) in [4.78, 5) is 103. The number of fused-ring (bicyclic) bond motifs is 1. The lowest BCUT2D eigenvalue weighted by atomic mass is 10.0. The Morgan fingerprint density at radius 2 is 1.29 bits per heavy atom. The number of hydrogen-bond acceptors (Lipinski definition) is 14. The summed E-state index contributed by atoms with van der Waals surface area (Å²) in [7, 11) is 2.06. The number of aliphatic hydroxyl groups is 3. The molecule has 1 aliphatic rings. The van der Waals surface area contributed by atoms with E-state index in [1.807, 2.05) is 30.3 Å². The number of unbranched alkanes of at least 4 members (excludes halogenated alkanes) is 1. The number of H-pyrrole nitrogens is 1. The molecule has 1 aromatic heterocycles. The van der Waals surface area contributed by atoms with Crippen molar-refractivity contribution in [1.29, 1.82) is 0 Å². The molecular weight excluding hydrogens is 1020 g/mol. The molecular formula is C49H68Cl2N10O10S2. The van der Waals surface area contributed by atoms with E-state index in [1.54, 1.807) is 60.8 Å². The van der Waals surface area contributed by atoms with Crippen LogP contribution in [0.3, 0.4) is 0 Å². The highest BCUT2D eigenvalue weighted by Gasteiger charge is 2.36. The first-order chi connectivity index (χ1) is 34.1. The lowest BCUT2D eigenvalue weighted by molar-refractivity contribution is -0.136. The van der Waals surface area contributed by atoms with Crippen LogP contribution in [0.2, 0.25) is 0 Å². The summed E-state index contributed by atoms with van der Waals surface area (Å²) in [6, 6.07) is 14.6. The minimum absolute atomic E-state index is 0. The molecule has 1 fully saturated rings. The molecule has 0 aliphatic carbocycles. The van der Waals surface area contributed by atoms with Crippen LogP contribution in [-0.4, -0.2) is 147 Å². The van der Waals surface area contributed by atoms with Crippen LogP contribution in [0.5, 0.6) is 0 Å². The summed E-state index contributed by atoms with van der Waals surface area (Å²) in [5.74, 6) is -6.01. The highest BCUT2D eigenvalue weighted by atomic mass is 35.5. The smallest absolute Gasteiger partial charge is 0.245 e. The second-order valence-corrected chi connectivity index (χ2v) is 20.0. The third-order valence-electron chi connectivity index (χ3n) is 11.9. The van der Waals surface area contributed by atoms with Crippen LogP contribution in [0.25, 0.3) is 10.9 Å². The van der Waals surface area contributed by atoms with Crippen molar-refractivity contribution >= 4 is 98.7 Å². The van der Waals surface area contributed by atoms with Crippen LogP contribution in [0.4, 0.5) is 0 Å². The fourth-order valence-electron chi connectivity index (χ4n) is 7.73. The standard InChI is InChI=1S/C49H66N10O10S2.2ClH/c1-28(61)39(25-60)56-48(68)41-27-71-70-26-40(57-43(63)34(51)21-30-13-5-3-6-14-30)47(67)54-37(22-31-15-7-4-8-16-31)45(65)55-38(23-32-24-52-35-18-10-9-17-33(32)35)46(66)53-36(19-11-12-20-50)44(64)59-42(29(2)62)49(69)58-41;;/h3-10,13-18,24,28-29,34,36-42,52,60-62H,11-12,19-23,25-27,50-51H2,1-2H3,(H,53,66)(H,54,67)(H,55,65)(H,56,68)(H,57,63)(H,58,69)(H,59,64);2*1H/t28-,29-,34-,36+,37+,38-,39-,40+,41+,42+;;/m1../s1. The van der Waals surface area contributed by atoms with Crippen molar-refractivity contribution in [2.45, 2.75) is 113 Å². The number of benzene rings is 3. The number of nitrogens with two attached hydrogens (primary N) is 2. The van der Waals surface area contributed by atoms with Gasteiger partial charge in [0.1, 0.15) is 36.3 Å². The predicted molar refractivity (Wildman–Crippen MR) is 287 cm³/mol. The van der Waals surface area contributed by atoms with Crippen molar-refractivity contribution < 1.29 is 48.9 Å². The van der Waals surface area contributed by atoms with Crippen LogP contribution in [0, 0.1) is 0 Å². The molecule has 20 nitrogen and oxygen atoms in total. The highest BCUT2D eigenvalue weighted by Crippen LogP contribution is 2.24. The average molecular weight is 1090 g/mol. The van der Waals surface area contributed by atoms with E-state index in [9.17, 15) is 48.9 Å². The Kier molecular flexibility index (Phi) is 26.6. The van der Waals surface area contributed by atoms with Crippen LogP contribution < -0.4 is 48.7 Å². The van der Waals surface area contributed by atoms with E-state index in [0.717, 1.165) is 38.1 Å². The zero-order chi connectivity index (χ0) is 51.5. The zero-order valence-electron chi connectivity index (χ0n) is 40.5. The monoisotopic (exact) mass is 1090 g/mol. The van der Waals surface area contributed by atoms with Crippen LogP contribution in [-0.2, 0) is 52.8 Å². The second kappa shape index (κ2) is 31.3. The molecule has 0 unspecified atom stereocenters. The quantitative estimate of drug-likeness (QED) is 0.0491. The van der Waals surface area contributed by atoms with Crippen LogP contribution in [0.15, 0.2) is 91.1 Å². The van der Waals surface area contributed by atoms with E-state index in [-0.39, 0.29) is 68.5 Å². The maximum atomic E-state index is 14.7. The number of nitrogens with one attached hydrogen (secondary N) is 8. The van der Waals surface area contributed by atoms with Gasteiger partial charge in [-0.05, 0) is 68.8 Å². The molecule has 0 radical (unpaired) electrons. The zero-order valence-corrected chi connectivity index (χ0v) is 43.8. The minimum Gasteiger partial charge on any atom is -0.394 e. The number of halogens is 2. The molecule has 4 aromatic rings. The van der Waals surface area contributed by atoms with E-state index in [0.29, 0.717) is 24.0 Å². The lowest BCUT2D eigenvalue weighted by Gasteiger charge is -2.29. The first-order valence-electron chi connectivity index (χ1n) is 23.5. The number of aromatic amines is 1.